The Balaban J connectivity index is 3.10. The predicted octanol–water partition coefficient (Wildman–Crippen LogP) is 6.62. The van der Waals surface area contributed by atoms with Gasteiger partial charge in [0.05, 0.1) is 6.42 Å². The maximum Gasteiger partial charge on any atom is 0.305 e. The molecule has 0 aromatic heterocycles. The van der Waals surface area contributed by atoms with E-state index in [0.717, 1.165) is 12.8 Å². The lowest BCUT2D eigenvalue weighted by Crippen LogP contribution is -2.25. The van der Waals surface area contributed by atoms with Gasteiger partial charge in [-0.05, 0) is 6.42 Å². The zero-order valence-corrected chi connectivity index (χ0v) is 17.9. The van der Waals surface area contributed by atoms with Crippen LogP contribution >= 0.6 is 0 Å². The third-order valence-corrected chi connectivity index (χ3v) is 5.17. The molecule has 0 aromatic rings. The van der Waals surface area contributed by atoms with E-state index in [1.54, 1.807) is 0 Å². The second-order valence-electron chi connectivity index (χ2n) is 7.90. The molecule has 0 unspecified atom stereocenters. The molecule has 0 saturated carbocycles. The van der Waals surface area contributed by atoms with E-state index in [2.05, 4.69) is 12.2 Å². The lowest BCUT2D eigenvalue weighted by molar-refractivity contribution is -0.136. The number of carboxylic acid groups (broad SMARTS) is 1. The molecule has 160 valence electrons. The Bertz CT molecular complexity index is 345. The quantitative estimate of drug-likeness (QED) is 0.219. The van der Waals surface area contributed by atoms with Gasteiger partial charge in [0.25, 0.3) is 0 Å². The normalized spacial score (nSPS) is 10.9. The summed E-state index contributed by atoms with van der Waals surface area (Å²) in [6, 6.07) is 0. The van der Waals surface area contributed by atoms with Crippen LogP contribution in [-0.2, 0) is 9.59 Å². The summed E-state index contributed by atoms with van der Waals surface area (Å²) in [7, 11) is 0. The fraction of sp³-hybridized carbons (Fsp3) is 0.913. The van der Waals surface area contributed by atoms with Crippen LogP contribution in [0.1, 0.15) is 129 Å². The minimum absolute atomic E-state index is 0.00475. The number of unbranched alkanes of at least 4 members (excludes halogenated alkanes) is 16. The van der Waals surface area contributed by atoms with Crippen LogP contribution in [0.3, 0.4) is 0 Å². The highest BCUT2D eigenvalue weighted by atomic mass is 16.4. The maximum absolute atomic E-state index is 11.5. The third-order valence-electron chi connectivity index (χ3n) is 5.17. The van der Waals surface area contributed by atoms with Crippen LogP contribution < -0.4 is 5.32 Å². The second-order valence-corrected chi connectivity index (χ2v) is 7.90. The third kappa shape index (κ3) is 22.9. The molecule has 0 aliphatic carbocycles. The van der Waals surface area contributed by atoms with E-state index in [9.17, 15) is 9.59 Å². The molecule has 0 heterocycles. The van der Waals surface area contributed by atoms with Crippen LogP contribution in [0.15, 0.2) is 0 Å². The second kappa shape index (κ2) is 21.2. The summed E-state index contributed by atoms with van der Waals surface area (Å²) in [4.78, 5) is 21.8. The summed E-state index contributed by atoms with van der Waals surface area (Å²) in [5.41, 5.74) is 0. The Labute approximate surface area is 167 Å². The van der Waals surface area contributed by atoms with Crippen molar-refractivity contribution >= 4 is 11.9 Å². The van der Waals surface area contributed by atoms with Gasteiger partial charge < -0.3 is 10.4 Å². The predicted molar refractivity (Wildman–Crippen MR) is 114 cm³/mol. The number of nitrogens with one attached hydrogen (secondary N) is 1. The first kappa shape index (κ1) is 25.9. The zero-order chi connectivity index (χ0) is 20.0. The molecule has 0 aliphatic heterocycles. The number of hydrogen-bond donors (Lipinski definition) is 2. The van der Waals surface area contributed by atoms with Crippen molar-refractivity contribution in [3.63, 3.8) is 0 Å². The lowest BCUT2D eigenvalue weighted by atomic mass is 10.0. The zero-order valence-electron chi connectivity index (χ0n) is 17.9. The van der Waals surface area contributed by atoms with Crippen molar-refractivity contribution in [1.82, 2.24) is 5.32 Å². The first-order valence-electron chi connectivity index (χ1n) is 11.6. The number of carboxylic acids is 1. The summed E-state index contributed by atoms with van der Waals surface area (Å²) >= 11 is 0. The molecule has 4 heteroatoms. The number of carbonyl (C=O) groups excluding carboxylic acids is 1. The Hall–Kier alpha value is -1.06. The molecule has 0 radical (unpaired) electrons. The Kier molecular flexibility index (Phi) is 20.4. The van der Waals surface area contributed by atoms with Gasteiger partial charge in [-0.1, -0.05) is 110 Å². The minimum Gasteiger partial charge on any atom is -0.481 e. The highest BCUT2D eigenvalue weighted by Crippen LogP contribution is 2.14. The monoisotopic (exact) mass is 383 g/mol. The Morgan fingerprint density at radius 2 is 0.963 bits per heavy atom. The van der Waals surface area contributed by atoms with Gasteiger partial charge in [-0.25, -0.2) is 0 Å². The summed E-state index contributed by atoms with van der Waals surface area (Å²) in [6.07, 6.45) is 23.2. The van der Waals surface area contributed by atoms with Gasteiger partial charge in [-0.3, -0.25) is 9.59 Å². The van der Waals surface area contributed by atoms with Gasteiger partial charge in [-0.2, -0.15) is 0 Å². The summed E-state index contributed by atoms with van der Waals surface area (Å²) < 4.78 is 0. The van der Waals surface area contributed by atoms with Gasteiger partial charge in [0.2, 0.25) is 5.91 Å². The number of aliphatic carboxylic acids is 1. The molecule has 0 fully saturated rings. The van der Waals surface area contributed by atoms with Crippen LogP contribution in [0.25, 0.3) is 0 Å². The first-order valence-corrected chi connectivity index (χ1v) is 11.6. The number of hydrogen-bond acceptors (Lipinski definition) is 2. The molecule has 0 spiro atoms. The van der Waals surface area contributed by atoms with Crippen LogP contribution in [0.5, 0.6) is 0 Å². The molecule has 1 amide bonds. The molecule has 0 aromatic carbocycles. The lowest BCUT2D eigenvalue weighted by Gasteiger charge is -2.04. The molecule has 0 atom stereocenters. The van der Waals surface area contributed by atoms with Gasteiger partial charge in [0.15, 0.2) is 0 Å². The van der Waals surface area contributed by atoms with Crippen molar-refractivity contribution in [2.24, 2.45) is 0 Å². The van der Waals surface area contributed by atoms with Crippen molar-refractivity contribution in [3.05, 3.63) is 0 Å². The van der Waals surface area contributed by atoms with Crippen molar-refractivity contribution in [3.8, 4) is 0 Å². The van der Waals surface area contributed by atoms with Crippen LogP contribution in [0, 0.1) is 0 Å². The van der Waals surface area contributed by atoms with Gasteiger partial charge >= 0.3 is 5.97 Å². The molecule has 4 nitrogen and oxygen atoms in total. The standard InChI is InChI=1S/C23H45NO3/c1-2-3-4-5-6-7-8-9-10-11-12-13-14-15-16-17-18-19-22(25)24-21-20-23(26)27/h2-21H2,1H3,(H,24,25)(H,26,27). The van der Waals surface area contributed by atoms with E-state index in [1.165, 1.54) is 96.3 Å². The van der Waals surface area contributed by atoms with Crippen molar-refractivity contribution in [2.75, 3.05) is 6.54 Å². The largest absolute Gasteiger partial charge is 0.481 e. The van der Waals surface area contributed by atoms with E-state index >= 15 is 0 Å². The summed E-state index contributed by atoms with van der Waals surface area (Å²) in [5, 5.41) is 11.2. The topological polar surface area (TPSA) is 66.4 Å². The minimum atomic E-state index is -0.867. The van der Waals surface area contributed by atoms with E-state index in [1.807, 2.05) is 0 Å². The van der Waals surface area contributed by atoms with Crippen LogP contribution in [-0.4, -0.2) is 23.5 Å². The average Bonchev–Trinajstić information content (AvgIpc) is 2.64. The van der Waals surface area contributed by atoms with E-state index in [0.29, 0.717) is 6.42 Å². The maximum atomic E-state index is 11.5. The first-order chi connectivity index (χ1) is 13.2. The molecule has 0 aliphatic rings. The number of rotatable bonds is 21. The SMILES string of the molecule is CCCCCCCCCCCCCCCCCCCC(=O)NCCC(=O)O. The van der Waals surface area contributed by atoms with Crippen molar-refractivity contribution in [1.29, 1.82) is 0 Å². The molecule has 0 saturated heterocycles. The fourth-order valence-corrected chi connectivity index (χ4v) is 3.41. The van der Waals surface area contributed by atoms with E-state index in [4.69, 9.17) is 5.11 Å². The highest BCUT2D eigenvalue weighted by molar-refractivity contribution is 5.76. The summed E-state index contributed by atoms with van der Waals surface area (Å²) in [6.45, 7) is 2.52. The van der Waals surface area contributed by atoms with Gasteiger partial charge in [-0.15, -0.1) is 0 Å². The molecular formula is C23H45NO3. The fourth-order valence-electron chi connectivity index (χ4n) is 3.41. The summed E-state index contributed by atoms with van der Waals surface area (Å²) in [5.74, 6) is -0.884. The Morgan fingerprint density at radius 3 is 1.33 bits per heavy atom. The smallest absolute Gasteiger partial charge is 0.305 e. The highest BCUT2D eigenvalue weighted by Gasteiger charge is 2.02. The molecule has 2 N–H and O–H groups in total. The molecule has 0 rings (SSSR count). The van der Waals surface area contributed by atoms with Gasteiger partial charge in [0.1, 0.15) is 0 Å². The molecule has 0 bridgehead atoms. The number of carbonyl (C=O) groups is 2. The van der Waals surface area contributed by atoms with Gasteiger partial charge in [0, 0.05) is 13.0 Å². The van der Waals surface area contributed by atoms with Crippen LogP contribution in [0.2, 0.25) is 0 Å². The van der Waals surface area contributed by atoms with Crippen LogP contribution in [0.4, 0.5) is 0 Å². The molecule has 27 heavy (non-hydrogen) atoms. The molecular weight excluding hydrogens is 338 g/mol. The number of amides is 1. The van der Waals surface area contributed by atoms with Crippen molar-refractivity contribution in [2.45, 2.75) is 129 Å². The van der Waals surface area contributed by atoms with E-state index in [-0.39, 0.29) is 18.9 Å². The Morgan fingerprint density at radius 1 is 0.593 bits per heavy atom. The van der Waals surface area contributed by atoms with E-state index < -0.39 is 5.97 Å². The van der Waals surface area contributed by atoms with Crippen molar-refractivity contribution < 1.29 is 14.7 Å². The average molecular weight is 384 g/mol.